The zero-order chi connectivity index (χ0) is 23.2. The van der Waals surface area contributed by atoms with Gasteiger partial charge in [0.05, 0.1) is 5.52 Å². The summed E-state index contributed by atoms with van der Waals surface area (Å²) in [5.74, 6) is 1.62. The van der Waals surface area contributed by atoms with Gasteiger partial charge in [-0.15, -0.1) is 0 Å². The summed E-state index contributed by atoms with van der Waals surface area (Å²) in [4.78, 5) is 22.1. The minimum absolute atomic E-state index is 0.595. The molecule has 0 spiro atoms. The van der Waals surface area contributed by atoms with E-state index in [1.807, 2.05) is 6.20 Å². The molecule has 1 atom stereocenters. The van der Waals surface area contributed by atoms with Gasteiger partial charge in [0.1, 0.15) is 17.8 Å². The highest BCUT2D eigenvalue weighted by Gasteiger charge is 2.19. The van der Waals surface area contributed by atoms with Crippen molar-refractivity contribution in [1.82, 2.24) is 24.8 Å². The number of aromatic amines is 1. The van der Waals surface area contributed by atoms with Crippen LogP contribution in [0, 0.1) is 5.92 Å². The van der Waals surface area contributed by atoms with Gasteiger partial charge in [0, 0.05) is 60.5 Å². The molecule has 1 aliphatic heterocycles. The summed E-state index contributed by atoms with van der Waals surface area (Å²) in [6.45, 7) is 8.56. The van der Waals surface area contributed by atoms with Gasteiger partial charge in [0.25, 0.3) is 0 Å². The molecule has 1 aliphatic carbocycles. The van der Waals surface area contributed by atoms with Gasteiger partial charge in [0.15, 0.2) is 0 Å². The zero-order valence-electron chi connectivity index (χ0n) is 20.0. The quantitative estimate of drug-likeness (QED) is 0.459. The summed E-state index contributed by atoms with van der Waals surface area (Å²) in [6.07, 6.45) is 11.4. The summed E-state index contributed by atoms with van der Waals surface area (Å²) in [7, 11) is 2.17. The van der Waals surface area contributed by atoms with E-state index in [-0.39, 0.29) is 0 Å². The summed E-state index contributed by atoms with van der Waals surface area (Å²) in [5, 5.41) is 2.24. The maximum Gasteiger partial charge on any atom is 0.139 e. The Morgan fingerprint density at radius 2 is 1.79 bits per heavy atom. The number of rotatable bonds is 3. The summed E-state index contributed by atoms with van der Waals surface area (Å²) in [5.41, 5.74) is 8.10. The fourth-order valence-electron chi connectivity index (χ4n) is 5.28. The lowest BCUT2D eigenvalue weighted by Crippen LogP contribution is -2.44. The molecule has 1 fully saturated rings. The Hall–Kier alpha value is -3.51. The first-order valence-corrected chi connectivity index (χ1v) is 12.1. The van der Waals surface area contributed by atoms with E-state index in [1.165, 1.54) is 16.7 Å². The Labute approximate surface area is 200 Å². The van der Waals surface area contributed by atoms with Crippen molar-refractivity contribution in [3.8, 4) is 11.1 Å². The normalized spacial score (nSPS) is 19.5. The lowest BCUT2D eigenvalue weighted by Gasteiger charge is -2.33. The number of piperazine rings is 1. The number of hydrogen-bond acceptors (Lipinski definition) is 5. The largest absolute Gasteiger partial charge is 0.353 e. The summed E-state index contributed by atoms with van der Waals surface area (Å²) in [6, 6.07) is 8.79. The second kappa shape index (κ2) is 8.37. The Morgan fingerprint density at radius 1 is 0.971 bits per heavy atom. The van der Waals surface area contributed by atoms with Crippen molar-refractivity contribution in [2.75, 3.05) is 38.1 Å². The summed E-state index contributed by atoms with van der Waals surface area (Å²) < 4.78 is 0. The molecule has 34 heavy (non-hydrogen) atoms. The topological polar surface area (TPSA) is 60.9 Å². The van der Waals surface area contributed by atoms with Gasteiger partial charge < -0.3 is 14.8 Å². The van der Waals surface area contributed by atoms with E-state index in [0.717, 1.165) is 71.5 Å². The highest BCUT2D eigenvalue weighted by molar-refractivity contribution is 6.00. The lowest BCUT2D eigenvalue weighted by molar-refractivity contribution is 0.312. The molecule has 6 nitrogen and oxygen atoms in total. The predicted molar refractivity (Wildman–Crippen MR) is 140 cm³/mol. The van der Waals surface area contributed by atoms with Crippen LogP contribution in [0.5, 0.6) is 0 Å². The average molecular weight is 451 g/mol. The Morgan fingerprint density at radius 3 is 2.62 bits per heavy atom. The van der Waals surface area contributed by atoms with E-state index in [9.17, 15) is 0 Å². The molecule has 4 aromatic rings. The van der Waals surface area contributed by atoms with E-state index in [0.29, 0.717) is 5.92 Å². The smallest absolute Gasteiger partial charge is 0.139 e. The first-order chi connectivity index (χ1) is 16.6. The van der Waals surface area contributed by atoms with Crippen molar-refractivity contribution >= 4 is 33.3 Å². The van der Waals surface area contributed by atoms with E-state index < -0.39 is 0 Å². The van der Waals surface area contributed by atoms with Crippen molar-refractivity contribution < 1.29 is 0 Å². The third-order valence-electron chi connectivity index (χ3n) is 7.25. The Bertz CT molecular complexity index is 1440. The number of anilines is 1. The average Bonchev–Trinajstić information content (AvgIpc) is 3.27. The first kappa shape index (κ1) is 21.1. The van der Waals surface area contributed by atoms with Crippen LogP contribution < -0.4 is 4.90 Å². The number of aromatic nitrogens is 4. The van der Waals surface area contributed by atoms with Crippen LogP contribution in [0.4, 0.5) is 5.82 Å². The maximum atomic E-state index is 4.76. The second-order valence-corrected chi connectivity index (χ2v) is 9.78. The van der Waals surface area contributed by atoms with Crippen LogP contribution in [-0.2, 0) is 0 Å². The van der Waals surface area contributed by atoms with Gasteiger partial charge in [-0.2, -0.15) is 0 Å². The number of pyridine rings is 1. The second-order valence-electron chi connectivity index (χ2n) is 9.78. The standard InChI is InChI=1S/C28H30N6/c1-18-4-6-22(19(2)12-18)21-14-23-25(16-30-27(23)29-15-21)20-5-7-26-24(13-20)28(32-17-31-26)34-10-8-33(3)9-11-34/h4-7,13-18H,8-12H2,1-3H3,(H,29,30). The van der Waals surface area contributed by atoms with Gasteiger partial charge in [-0.1, -0.05) is 30.7 Å². The van der Waals surface area contributed by atoms with Crippen molar-refractivity contribution in [3.05, 3.63) is 66.3 Å². The molecule has 1 unspecified atom stereocenters. The van der Waals surface area contributed by atoms with Crippen molar-refractivity contribution in [3.63, 3.8) is 0 Å². The zero-order valence-corrected chi connectivity index (χ0v) is 20.0. The fraction of sp³-hybridized carbons (Fsp3) is 0.321. The molecule has 6 rings (SSSR count). The van der Waals surface area contributed by atoms with Gasteiger partial charge in [-0.05, 0) is 55.6 Å². The number of benzene rings is 1. The van der Waals surface area contributed by atoms with Gasteiger partial charge in [0.2, 0.25) is 0 Å². The number of allylic oxidation sites excluding steroid dienone is 4. The fourth-order valence-corrected chi connectivity index (χ4v) is 5.28. The van der Waals surface area contributed by atoms with Gasteiger partial charge in [-0.3, -0.25) is 0 Å². The van der Waals surface area contributed by atoms with Crippen LogP contribution in [0.1, 0.15) is 25.8 Å². The van der Waals surface area contributed by atoms with Crippen LogP contribution in [-0.4, -0.2) is 58.1 Å². The minimum atomic E-state index is 0.595. The molecule has 2 aliphatic rings. The van der Waals surface area contributed by atoms with Crippen LogP contribution >= 0.6 is 0 Å². The molecule has 1 N–H and O–H groups in total. The summed E-state index contributed by atoms with van der Waals surface area (Å²) >= 11 is 0. The van der Waals surface area contributed by atoms with Crippen molar-refractivity contribution in [2.45, 2.75) is 20.3 Å². The van der Waals surface area contributed by atoms with Gasteiger partial charge >= 0.3 is 0 Å². The molecule has 3 aromatic heterocycles. The highest BCUT2D eigenvalue weighted by atomic mass is 15.3. The highest BCUT2D eigenvalue weighted by Crippen LogP contribution is 2.35. The van der Waals surface area contributed by atoms with Gasteiger partial charge in [-0.25, -0.2) is 15.0 Å². The minimum Gasteiger partial charge on any atom is -0.353 e. The molecular formula is C28H30N6. The molecule has 172 valence electrons. The Balaban J connectivity index is 1.44. The number of H-pyrrole nitrogens is 1. The molecule has 0 radical (unpaired) electrons. The maximum absolute atomic E-state index is 4.76. The molecule has 0 saturated carbocycles. The lowest BCUT2D eigenvalue weighted by atomic mass is 9.88. The SMILES string of the molecule is CC1=C(c2cnc3[nH]cc(-c4ccc5ncnc(N6CCN(C)CC6)c5c4)c3c2)C=CC(C)C1. The molecule has 1 aromatic carbocycles. The number of nitrogens with zero attached hydrogens (tertiary/aromatic N) is 5. The van der Waals surface area contributed by atoms with E-state index in [1.54, 1.807) is 6.33 Å². The number of nitrogens with one attached hydrogen (secondary N) is 1. The van der Waals surface area contributed by atoms with E-state index in [2.05, 4.69) is 83.3 Å². The van der Waals surface area contributed by atoms with Crippen molar-refractivity contribution in [1.29, 1.82) is 0 Å². The van der Waals surface area contributed by atoms with E-state index >= 15 is 0 Å². The Kier molecular flexibility index (Phi) is 5.18. The number of hydrogen-bond donors (Lipinski definition) is 1. The first-order valence-electron chi connectivity index (χ1n) is 12.1. The molecule has 6 heteroatoms. The van der Waals surface area contributed by atoms with Crippen LogP contribution in [0.15, 0.2) is 60.7 Å². The number of fused-ring (bicyclic) bond motifs is 2. The number of likely N-dealkylation sites (N-methyl/N-ethyl adjacent to an activating group) is 1. The third kappa shape index (κ3) is 3.68. The van der Waals surface area contributed by atoms with Crippen LogP contribution in [0.25, 0.3) is 38.6 Å². The van der Waals surface area contributed by atoms with Crippen LogP contribution in [0.2, 0.25) is 0 Å². The third-order valence-corrected chi connectivity index (χ3v) is 7.25. The molecule has 0 amide bonds. The monoisotopic (exact) mass is 450 g/mol. The molecule has 0 bridgehead atoms. The molecular weight excluding hydrogens is 420 g/mol. The van der Waals surface area contributed by atoms with Crippen molar-refractivity contribution in [2.24, 2.45) is 5.92 Å². The van der Waals surface area contributed by atoms with Crippen LogP contribution in [0.3, 0.4) is 0 Å². The predicted octanol–water partition coefficient (Wildman–Crippen LogP) is 5.29. The van der Waals surface area contributed by atoms with E-state index in [4.69, 9.17) is 9.97 Å². The molecule has 1 saturated heterocycles. The molecule has 4 heterocycles.